The van der Waals surface area contributed by atoms with Crippen LogP contribution in [0.2, 0.25) is 0 Å². The van der Waals surface area contributed by atoms with Gasteiger partial charge in [0.1, 0.15) is 11.6 Å². The lowest BCUT2D eigenvalue weighted by Gasteiger charge is -2.13. The maximum atomic E-state index is 13.1. The molecule has 0 spiro atoms. The first-order valence-corrected chi connectivity index (χ1v) is 5.39. The Balaban J connectivity index is 2.45. The van der Waals surface area contributed by atoms with Crippen LogP contribution in [0, 0.1) is 11.6 Å². The van der Waals surface area contributed by atoms with Crippen molar-refractivity contribution in [3.05, 3.63) is 53.6 Å². The highest BCUT2D eigenvalue weighted by atomic mass is 19.1. The molecule has 2 aromatic carbocycles. The third-order valence-electron chi connectivity index (χ3n) is 2.49. The molecule has 0 radical (unpaired) electrons. The molecule has 0 aliphatic carbocycles. The van der Waals surface area contributed by atoms with E-state index in [1.807, 2.05) is 0 Å². The molecule has 4 nitrogen and oxygen atoms in total. The van der Waals surface area contributed by atoms with Crippen molar-refractivity contribution in [2.75, 3.05) is 11.1 Å². The molecule has 0 aliphatic heterocycles. The number of carbonyl (C=O) groups excluding carboxylic acids is 1. The van der Waals surface area contributed by atoms with Crippen LogP contribution in [0.5, 0.6) is 0 Å². The second-order valence-corrected chi connectivity index (χ2v) is 3.92. The normalized spacial score (nSPS) is 10.2. The van der Waals surface area contributed by atoms with Crippen molar-refractivity contribution in [1.82, 2.24) is 0 Å². The molecule has 0 aromatic heterocycles. The highest BCUT2D eigenvalue weighted by Gasteiger charge is 2.12. The fraction of sp³-hybridized carbons (Fsp3) is 0. The van der Waals surface area contributed by atoms with Crippen molar-refractivity contribution in [2.24, 2.45) is 5.73 Å². The molecular formula is C13H11F2N3O. The molecule has 6 heteroatoms. The van der Waals surface area contributed by atoms with Crippen LogP contribution in [0.15, 0.2) is 36.4 Å². The van der Waals surface area contributed by atoms with E-state index in [1.54, 1.807) is 12.1 Å². The van der Waals surface area contributed by atoms with Crippen molar-refractivity contribution in [2.45, 2.75) is 0 Å². The lowest BCUT2D eigenvalue weighted by molar-refractivity contribution is 0.100. The Morgan fingerprint density at radius 1 is 1.11 bits per heavy atom. The maximum Gasteiger partial charge on any atom is 0.250 e. The van der Waals surface area contributed by atoms with Gasteiger partial charge < -0.3 is 16.8 Å². The Morgan fingerprint density at radius 2 is 1.74 bits per heavy atom. The second-order valence-electron chi connectivity index (χ2n) is 3.92. The van der Waals surface area contributed by atoms with E-state index < -0.39 is 17.5 Å². The Labute approximate surface area is 108 Å². The summed E-state index contributed by atoms with van der Waals surface area (Å²) >= 11 is 0. The summed E-state index contributed by atoms with van der Waals surface area (Å²) in [5.74, 6) is -2.16. The predicted molar refractivity (Wildman–Crippen MR) is 69.0 cm³/mol. The number of benzene rings is 2. The van der Waals surface area contributed by atoms with Gasteiger partial charge in [-0.05, 0) is 24.3 Å². The fourth-order valence-corrected chi connectivity index (χ4v) is 1.69. The minimum Gasteiger partial charge on any atom is -0.397 e. The first kappa shape index (κ1) is 12.8. The van der Waals surface area contributed by atoms with Crippen LogP contribution in [-0.4, -0.2) is 5.91 Å². The molecule has 98 valence electrons. The van der Waals surface area contributed by atoms with Crippen molar-refractivity contribution in [3.8, 4) is 0 Å². The minimum atomic E-state index is -0.738. The largest absolute Gasteiger partial charge is 0.397 e. The molecule has 0 unspecified atom stereocenters. The third kappa shape index (κ3) is 2.79. The van der Waals surface area contributed by atoms with Crippen LogP contribution in [0.25, 0.3) is 0 Å². The van der Waals surface area contributed by atoms with Gasteiger partial charge in [0.05, 0.1) is 16.9 Å². The molecule has 1 amide bonds. The Hall–Kier alpha value is -2.63. The smallest absolute Gasteiger partial charge is 0.250 e. The summed E-state index contributed by atoms with van der Waals surface area (Å²) in [5, 5.41) is 2.70. The zero-order valence-electron chi connectivity index (χ0n) is 9.78. The number of nitrogen functional groups attached to an aromatic ring is 1. The lowest BCUT2D eigenvalue weighted by atomic mass is 10.1. The van der Waals surface area contributed by atoms with E-state index >= 15 is 0 Å². The monoisotopic (exact) mass is 263 g/mol. The number of para-hydroxylation sites is 1. The average molecular weight is 263 g/mol. The molecule has 0 aliphatic rings. The van der Waals surface area contributed by atoms with Crippen molar-refractivity contribution in [3.63, 3.8) is 0 Å². The number of primary amides is 1. The van der Waals surface area contributed by atoms with Crippen molar-refractivity contribution < 1.29 is 13.6 Å². The maximum absolute atomic E-state index is 13.1. The molecule has 0 saturated carbocycles. The zero-order chi connectivity index (χ0) is 14.0. The third-order valence-corrected chi connectivity index (χ3v) is 2.49. The van der Waals surface area contributed by atoms with Gasteiger partial charge in [0, 0.05) is 11.8 Å². The van der Waals surface area contributed by atoms with Crippen LogP contribution < -0.4 is 16.8 Å². The van der Waals surface area contributed by atoms with Gasteiger partial charge in [0.25, 0.3) is 5.91 Å². The summed E-state index contributed by atoms with van der Waals surface area (Å²) in [6.07, 6.45) is 0. The number of hydrogen-bond donors (Lipinski definition) is 3. The molecule has 0 fully saturated rings. The Kier molecular flexibility index (Phi) is 3.33. The van der Waals surface area contributed by atoms with Gasteiger partial charge in [-0.15, -0.1) is 0 Å². The van der Waals surface area contributed by atoms with E-state index in [0.717, 1.165) is 18.2 Å². The van der Waals surface area contributed by atoms with Crippen molar-refractivity contribution >= 4 is 23.0 Å². The number of nitrogens with two attached hydrogens (primary N) is 2. The fourth-order valence-electron chi connectivity index (χ4n) is 1.69. The van der Waals surface area contributed by atoms with E-state index in [9.17, 15) is 13.6 Å². The van der Waals surface area contributed by atoms with E-state index in [2.05, 4.69) is 5.32 Å². The van der Waals surface area contributed by atoms with Crippen LogP contribution in [0.4, 0.5) is 25.8 Å². The Bertz CT molecular complexity index is 624. The molecule has 2 rings (SSSR count). The number of rotatable bonds is 3. The van der Waals surface area contributed by atoms with Crippen LogP contribution in [0.1, 0.15) is 10.4 Å². The van der Waals surface area contributed by atoms with Gasteiger partial charge in [-0.25, -0.2) is 8.78 Å². The number of anilines is 3. The van der Waals surface area contributed by atoms with Crippen LogP contribution in [0.3, 0.4) is 0 Å². The quantitative estimate of drug-likeness (QED) is 0.744. The molecule has 5 N–H and O–H groups in total. The summed E-state index contributed by atoms with van der Waals surface area (Å²) in [4.78, 5) is 11.3. The Morgan fingerprint density at radius 3 is 2.32 bits per heavy atom. The summed E-state index contributed by atoms with van der Waals surface area (Å²) in [6.45, 7) is 0. The standard InChI is InChI=1S/C13H11F2N3O/c14-7-4-8(15)6-9(5-7)18-12-10(13(17)19)2-1-3-11(12)16/h1-6,18H,16H2,(H2,17,19). The average Bonchev–Trinajstić information content (AvgIpc) is 2.30. The van der Waals surface area contributed by atoms with Crippen LogP contribution in [-0.2, 0) is 0 Å². The molecule has 0 saturated heterocycles. The number of nitrogens with one attached hydrogen (secondary N) is 1. The van der Waals surface area contributed by atoms with E-state index in [1.165, 1.54) is 6.07 Å². The number of carbonyl (C=O) groups is 1. The number of halogens is 2. The van der Waals surface area contributed by atoms with Crippen molar-refractivity contribution in [1.29, 1.82) is 0 Å². The summed E-state index contributed by atoms with van der Waals surface area (Å²) in [6, 6.07) is 7.49. The molecule has 19 heavy (non-hydrogen) atoms. The van der Waals surface area contributed by atoms with Gasteiger partial charge in [-0.3, -0.25) is 4.79 Å². The molecule has 0 heterocycles. The van der Waals surface area contributed by atoms with E-state index in [-0.39, 0.29) is 22.6 Å². The molecule has 2 aromatic rings. The molecule has 0 bridgehead atoms. The van der Waals surface area contributed by atoms with E-state index in [4.69, 9.17) is 11.5 Å². The first-order valence-electron chi connectivity index (χ1n) is 5.39. The number of hydrogen-bond acceptors (Lipinski definition) is 3. The topological polar surface area (TPSA) is 81.1 Å². The molecule has 0 atom stereocenters. The highest BCUT2D eigenvalue weighted by molar-refractivity contribution is 6.02. The first-order chi connectivity index (χ1) is 8.97. The van der Waals surface area contributed by atoms with Gasteiger partial charge >= 0.3 is 0 Å². The molecular weight excluding hydrogens is 252 g/mol. The van der Waals surface area contributed by atoms with Gasteiger partial charge in [0.15, 0.2) is 0 Å². The SMILES string of the molecule is NC(=O)c1cccc(N)c1Nc1cc(F)cc(F)c1. The predicted octanol–water partition coefficient (Wildman–Crippen LogP) is 2.39. The lowest BCUT2D eigenvalue weighted by Crippen LogP contribution is -2.14. The summed E-state index contributed by atoms with van der Waals surface area (Å²) < 4.78 is 26.2. The van der Waals surface area contributed by atoms with Gasteiger partial charge in [0.2, 0.25) is 0 Å². The number of amides is 1. The zero-order valence-corrected chi connectivity index (χ0v) is 9.78. The highest BCUT2D eigenvalue weighted by Crippen LogP contribution is 2.27. The minimum absolute atomic E-state index is 0.137. The summed E-state index contributed by atoms with van der Waals surface area (Å²) in [7, 11) is 0. The van der Waals surface area contributed by atoms with E-state index in [0.29, 0.717) is 0 Å². The summed E-state index contributed by atoms with van der Waals surface area (Å²) in [5.41, 5.74) is 11.7. The van der Waals surface area contributed by atoms with Gasteiger partial charge in [-0.1, -0.05) is 6.07 Å². The second kappa shape index (κ2) is 4.93. The van der Waals surface area contributed by atoms with Crippen LogP contribution >= 0.6 is 0 Å². The van der Waals surface area contributed by atoms with Gasteiger partial charge in [-0.2, -0.15) is 0 Å².